The van der Waals surface area contributed by atoms with Crippen molar-refractivity contribution in [3.05, 3.63) is 174 Å². The van der Waals surface area contributed by atoms with Gasteiger partial charge in [-0.2, -0.15) is 7.11 Å². The molecule has 57 heavy (non-hydrogen) atoms. The number of benzene rings is 6. The van der Waals surface area contributed by atoms with Gasteiger partial charge in [-0.3, -0.25) is 9.55 Å². The zero-order valence-corrected chi connectivity index (χ0v) is 35.2. The average Bonchev–Trinajstić information content (AvgIpc) is 3.62. The number of para-hydroxylation sites is 1. The van der Waals surface area contributed by atoms with Gasteiger partial charge in [0, 0.05) is 25.8 Å². The van der Waals surface area contributed by atoms with Crippen molar-refractivity contribution in [2.24, 2.45) is 0 Å². The summed E-state index contributed by atoms with van der Waals surface area (Å²) >= 11 is 0. The van der Waals surface area contributed by atoms with E-state index in [-0.39, 0.29) is 37.6 Å². The molecule has 0 bridgehead atoms. The van der Waals surface area contributed by atoms with Crippen LogP contribution in [0, 0.1) is 47.7 Å². The van der Waals surface area contributed by atoms with E-state index in [1.165, 1.54) is 11.6 Å². The van der Waals surface area contributed by atoms with Gasteiger partial charge in [0.05, 0.1) is 22.3 Å². The molecule has 0 aliphatic rings. The molecule has 4 nitrogen and oxygen atoms in total. The Morgan fingerprint density at radius 2 is 1.46 bits per heavy atom. The molecule has 0 amide bonds. The van der Waals surface area contributed by atoms with Crippen molar-refractivity contribution >= 4 is 11.0 Å². The van der Waals surface area contributed by atoms with E-state index in [0.717, 1.165) is 50.2 Å². The summed E-state index contributed by atoms with van der Waals surface area (Å²) in [5.74, 6) is 0.977. The normalized spacial score (nSPS) is 13.5. The van der Waals surface area contributed by atoms with E-state index in [9.17, 15) is 0 Å². The molecule has 2 aromatic heterocycles. The predicted molar refractivity (Wildman–Crippen MR) is 233 cm³/mol. The van der Waals surface area contributed by atoms with Gasteiger partial charge in [-0.25, -0.2) is 4.98 Å². The third-order valence-electron chi connectivity index (χ3n) is 10.4. The third kappa shape index (κ3) is 7.64. The molecular formula is C52H47N3OPt. The van der Waals surface area contributed by atoms with Crippen LogP contribution >= 0.6 is 0 Å². The van der Waals surface area contributed by atoms with Crippen molar-refractivity contribution in [1.29, 1.82) is 0 Å². The Hall–Kier alpha value is -5.57. The molecule has 0 unspecified atom stereocenters. The van der Waals surface area contributed by atoms with Gasteiger partial charge >= 0.3 is 21.1 Å². The van der Waals surface area contributed by atoms with E-state index in [1.807, 2.05) is 79.2 Å². The summed E-state index contributed by atoms with van der Waals surface area (Å²) < 4.78 is 59.5. The summed E-state index contributed by atoms with van der Waals surface area (Å²) in [5.41, 5.74) is 11.9. The molecule has 8 aromatic rings. The number of nitrogens with zero attached hydrogens (tertiary/aromatic N) is 3. The second-order valence-corrected chi connectivity index (χ2v) is 15.6. The van der Waals surface area contributed by atoms with Crippen molar-refractivity contribution in [2.75, 3.05) is 0 Å². The topological polar surface area (TPSA) is 39.9 Å². The molecule has 0 aliphatic heterocycles. The molecule has 0 fully saturated rings. The first kappa shape index (κ1) is 32.5. The van der Waals surface area contributed by atoms with E-state index in [1.54, 1.807) is 18.2 Å². The Bertz CT molecular complexity index is 2980. The molecule has 0 saturated heterocycles. The molecule has 286 valence electrons. The smallest absolute Gasteiger partial charge is 0.665 e. The second-order valence-electron chi connectivity index (χ2n) is 15.6. The fourth-order valence-corrected chi connectivity index (χ4v) is 7.46. The SMILES string of the molecule is [2H]C([2H])([2H])c1cc(-n2c(-c3cc(C)cc(C)c3O[CH2-])nc3c(-c4[c-]c(-c5cc(-c6ccc(C)cc6)ccn5)cc(C(C)(C)C)c4)cccc32)cc(-c2ccccc2)c1C([2H])([2H])[2H].[Pt+2]. The Balaban J connectivity index is 0.00000595. The second kappa shape index (κ2) is 15.8. The van der Waals surface area contributed by atoms with E-state index in [0.29, 0.717) is 45.0 Å². The number of hydrogen-bond acceptors (Lipinski definition) is 3. The Labute approximate surface area is 360 Å². The quantitative estimate of drug-likeness (QED) is 0.150. The number of aryl methyl sites for hydroxylation is 4. The summed E-state index contributed by atoms with van der Waals surface area (Å²) in [6, 6.07) is 42.7. The summed E-state index contributed by atoms with van der Waals surface area (Å²) in [6.45, 7) is 7.03. The van der Waals surface area contributed by atoms with E-state index >= 15 is 0 Å². The van der Waals surface area contributed by atoms with Gasteiger partial charge in [0.25, 0.3) is 0 Å². The number of pyridine rings is 1. The van der Waals surface area contributed by atoms with E-state index in [4.69, 9.17) is 22.9 Å². The maximum absolute atomic E-state index is 8.68. The number of hydrogen-bond donors (Lipinski definition) is 0. The minimum atomic E-state index is -2.77. The van der Waals surface area contributed by atoms with Crippen LogP contribution in [0.4, 0.5) is 0 Å². The third-order valence-corrected chi connectivity index (χ3v) is 10.4. The summed E-state index contributed by atoms with van der Waals surface area (Å²) in [7, 11) is 3.81. The molecule has 0 aliphatic carbocycles. The molecule has 0 radical (unpaired) electrons. The van der Waals surface area contributed by atoms with Gasteiger partial charge < -0.3 is 4.74 Å². The van der Waals surface area contributed by atoms with Gasteiger partial charge in [-0.15, -0.1) is 29.3 Å². The Kier molecular flexibility index (Phi) is 8.99. The van der Waals surface area contributed by atoms with Crippen molar-refractivity contribution in [3.63, 3.8) is 0 Å². The van der Waals surface area contributed by atoms with Crippen molar-refractivity contribution in [3.8, 4) is 67.5 Å². The zero-order valence-electron chi connectivity index (χ0n) is 38.9. The first-order valence-electron chi connectivity index (χ1n) is 21.7. The monoisotopic (exact) mass is 930 g/mol. The first-order valence-corrected chi connectivity index (χ1v) is 18.7. The molecule has 0 saturated carbocycles. The molecule has 0 spiro atoms. The summed E-state index contributed by atoms with van der Waals surface area (Å²) in [5, 5.41) is 0. The number of rotatable bonds is 7. The molecule has 6 aromatic carbocycles. The summed E-state index contributed by atoms with van der Waals surface area (Å²) in [4.78, 5) is 10.2. The van der Waals surface area contributed by atoms with Crippen LogP contribution in [0.1, 0.15) is 62.4 Å². The Morgan fingerprint density at radius 1 is 0.684 bits per heavy atom. The van der Waals surface area contributed by atoms with Crippen molar-refractivity contribution < 1.29 is 34.0 Å². The molecular weight excluding hydrogens is 878 g/mol. The van der Waals surface area contributed by atoms with Gasteiger partial charge in [0.15, 0.2) is 0 Å². The molecule has 0 N–H and O–H groups in total. The first-order chi connectivity index (χ1) is 29.3. The van der Waals surface area contributed by atoms with Gasteiger partial charge in [0.2, 0.25) is 0 Å². The largest absolute Gasteiger partial charge is 2.00 e. The fourth-order valence-electron chi connectivity index (χ4n) is 7.46. The molecule has 2 heterocycles. The molecule has 5 heteroatoms. The minimum Gasteiger partial charge on any atom is -0.665 e. The van der Waals surface area contributed by atoms with Crippen LogP contribution in [0.15, 0.2) is 128 Å². The number of aromatic nitrogens is 3. The van der Waals surface area contributed by atoms with Crippen LogP contribution in [0.25, 0.3) is 72.7 Å². The van der Waals surface area contributed by atoms with Crippen LogP contribution in [-0.4, -0.2) is 14.5 Å². The van der Waals surface area contributed by atoms with Crippen LogP contribution in [0.5, 0.6) is 5.75 Å². The minimum absolute atomic E-state index is 0. The molecule has 0 atom stereocenters. The molecule has 8 rings (SSSR count). The van der Waals surface area contributed by atoms with E-state index in [2.05, 4.69) is 83.3 Å². The van der Waals surface area contributed by atoms with Gasteiger partial charge in [-0.1, -0.05) is 116 Å². The predicted octanol–water partition coefficient (Wildman–Crippen LogP) is 13.6. The number of imidazole rings is 1. The van der Waals surface area contributed by atoms with E-state index < -0.39 is 13.7 Å². The van der Waals surface area contributed by atoms with Gasteiger partial charge in [0.1, 0.15) is 5.82 Å². The number of ether oxygens (including phenoxy) is 1. The van der Waals surface area contributed by atoms with Crippen LogP contribution in [-0.2, 0) is 26.5 Å². The van der Waals surface area contributed by atoms with Crippen LogP contribution in [0.3, 0.4) is 0 Å². The fraction of sp³-hybridized carbons (Fsp3) is 0.173. The maximum Gasteiger partial charge on any atom is 2.00 e. The van der Waals surface area contributed by atoms with Crippen LogP contribution in [0.2, 0.25) is 0 Å². The standard InChI is InChI=1S/C52H47N3O.Pt/c1-32-18-20-37(21-19-32)39-22-23-53-47(30-39)41-27-40(28-42(29-41)52(6,7)8)44-16-13-17-48-49(44)54-51(46-25-33(2)24-35(4)50(46)56-9)55(48)43-26-34(3)36(5)45(31-43)38-14-11-10-12-15-38;/h10-26,28-31H,9H2,1-8H3;/q-2;+2/i3D3,5D3;. The zero-order chi connectivity index (χ0) is 44.3. The average molecular weight is 931 g/mol. The van der Waals surface area contributed by atoms with Crippen LogP contribution < -0.4 is 4.74 Å². The number of fused-ring (bicyclic) bond motifs is 1. The van der Waals surface area contributed by atoms with Gasteiger partial charge in [-0.05, 0) is 115 Å². The van der Waals surface area contributed by atoms with Crippen molar-refractivity contribution in [2.45, 2.75) is 60.7 Å². The van der Waals surface area contributed by atoms with Crippen molar-refractivity contribution in [1.82, 2.24) is 14.5 Å². The Morgan fingerprint density at radius 3 is 2.18 bits per heavy atom. The maximum atomic E-state index is 8.68. The summed E-state index contributed by atoms with van der Waals surface area (Å²) in [6.07, 6.45) is 1.83.